The zero-order valence-electron chi connectivity index (χ0n) is 9.77. The maximum absolute atomic E-state index is 13.1. The summed E-state index contributed by atoms with van der Waals surface area (Å²) < 4.78 is 18.0. The Morgan fingerprint density at radius 2 is 2.28 bits per heavy atom. The molecule has 0 amide bonds. The van der Waals surface area contributed by atoms with Gasteiger partial charge in [-0.05, 0) is 24.6 Å². The maximum Gasteiger partial charge on any atom is 0.240 e. The van der Waals surface area contributed by atoms with Gasteiger partial charge in [-0.2, -0.15) is 10.2 Å². The summed E-state index contributed by atoms with van der Waals surface area (Å²) in [4.78, 5) is 4.04. The zero-order chi connectivity index (χ0) is 13.0. The van der Waals surface area contributed by atoms with Gasteiger partial charge in [0, 0.05) is 6.54 Å². The van der Waals surface area contributed by atoms with E-state index in [9.17, 15) is 4.39 Å². The van der Waals surface area contributed by atoms with Gasteiger partial charge >= 0.3 is 0 Å². The number of aryl methyl sites for hydroxylation is 1. The van der Waals surface area contributed by atoms with Gasteiger partial charge in [-0.1, -0.05) is 11.2 Å². The van der Waals surface area contributed by atoms with Crippen molar-refractivity contribution in [3.63, 3.8) is 0 Å². The van der Waals surface area contributed by atoms with Crippen LogP contribution in [0.25, 0.3) is 0 Å². The Labute approximate surface area is 103 Å². The third kappa shape index (κ3) is 2.90. The van der Waals surface area contributed by atoms with Gasteiger partial charge < -0.3 is 9.84 Å². The van der Waals surface area contributed by atoms with Gasteiger partial charge in [0.25, 0.3) is 0 Å². The average molecular weight is 246 g/mol. The van der Waals surface area contributed by atoms with Crippen LogP contribution >= 0.6 is 0 Å². The number of hydrogen-bond acceptors (Lipinski definition) is 5. The number of halogens is 1. The molecule has 1 heterocycles. The Morgan fingerprint density at radius 3 is 2.94 bits per heavy atom. The normalized spacial score (nSPS) is 10.3. The highest BCUT2D eigenvalue weighted by molar-refractivity contribution is 5.34. The molecule has 0 saturated heterocycles. The number of nitrogens with zero attached hydrogens (tertiary/aromatic N) is 3. The number of nitrogens with one attached hydrogen (secondary N) is 1. The number of aromatic nitrogens is 2. The minimum absolute atomic E-state index is 0.0444. The molecule has 0 aliphatic heterocycles. The molecule has 0 radical (unpaired) electrons. The Kier molecular flexibility index (Phi) is 3.65. The van der Waals surface area contributed by atoms with E-state index in [4.69, 9.17) is 9.78 Å². The van der Waals surface area contributed by atoms with Gasteiger partial charge in [0.15, 0.2) is 5.82 Å². The number of nitriles is 1. The van der Waals surface area contributed by atoms with Crippen molar-refractivity contribution in [1.82, 2.24) is 15.5 Å². The van der Waals surface area contributed by atoms with Crippen molar-refractivity contribution in [3.8, 4) is 6.07 Å². The van der Waals surface area contributed by atoms with Crippen LogP contribution in [0.2, 0.25) is 0 Å². The molecule has 0 saturated carbocycles. The molecule has 0 aliphatic carbocycles. The van der Waals surface area contributed by atoms with E-state index in [1.807, 2.05) is 0 Å². The monoisotopic (exact) mass is 246 g/mol. The van der Waals surface area contributed by atoms with Gasteiger partial charge in [-0.15, -0.1) is 0 Å². The summed E-state index contributed by atoms with van der Waals surface area (Å²) >= 11 is 0. The lowest BCUT2D eigenvalue weighted by atomic mass is 10.1. The lowest BCUT2D eigenvalue weighted by Crippen LogP contribution is -2.13. The van der Waals surface area contributed by atoms with Crippen LogP contribution in [0, 0.1) is 24.1 Å². The molecule has 1 aromatic carbocycles. The molecule has 18 heavy (non-hydrogen) atoms. The predicted molar refractivity (Wildman–Crippen MR) is 60.7 cm³/mol. The van der Waals surface area contributed by atoms with Crippen LogP contribution in [-0.2, 0) is 13.1 Å². The Balaban J connectivity index is 1.93. The molecular weight excluding hydrogens is 235 g/mol. The molecule has 6 heteroatoms. The fourth-order valence-electron chi connectivity index (χ4n) is 1.49. The highest BCUT2D eigenvalue weighted by atomic mass is 19.1. The lowest BCUT2D eigenvalue weighted by Gasteiger charge is -2.03. The van der Waals surface area contributed by atoms with Crippen LogP contribution in [0.4, 0.5) is 4.39 Å². The highest BCUT2D eigenvalue weighted by Gasteiger charge is 2.04. The van der Waals surface area contributed by atoms with Crippen LogP contribution in [0.3, 0.4) is 0 Å². The molecule has 92 valence electrons. The molecule has 1 N–H and O–H groups in total. The van der Waals surface area contributed by atoms with Gasteiger partial charge in [-0.25, -0.2) is 4.39 Å². The smallest absolute Gasteiger partial charge is 0.240 e. The van der Waals surface area contributed by atoms with E-state index in [2.05, 4.69) is 15.5 Å². The summed E-state index contributed by atoms with van der Waals surface area (Å²) in [6, 6.07) is 6.23. The molecule has 2 aromatic rings. The van der Waals surface area contributed by atoms with Crippen molar-refractivity contribution in [2.75, 3.05) is 0 Å². The molecule has 5 nitrogen and oxygen atoms in total. The minimum Gasteiger partial charge on any atom is -0.338 e. The second-order valence-corrected chi connectivity index (χ2v) is 3.76. The van der Waals surface area contributed by atoms with Crippen LogP contribution < -0.4 is 5.32 Å². The SMILES string of the molecule is Cc1noc(CNCc2ccc(F)c(C#N)c2)n1. The van der Waals surface area contributed by atoms with E-state index in [1.165, 1.54) is 12.1 Å². The summed E-state index contributed by atoms with van der Waals surface area (Å²) in [5.41, 5.74) is 0.868. The molecule has 2 rings (SSSR count). The first kappa shape index (κ1) is 12.2. The van der Waals surface area contributed by atoms with Crippen LogP contribution in [0.1, 0.15) is 22.8 Å². The second-order valence-electron chi connectivity index (χ2n) is 3.76. The molecule has 0 aliphatic rings. The number of benzene rings is 1. The van der Waals surface area contributed by atoms with Gasteiger partial charge in [-0.3, -0.25) is 0 Å². The van der Waals surface area contributed by atoms with Crippen LogP contribution in [-0.4, -0.2) is 10.1 Å². The molecule has 0 unspecified atom stereocenters. The van der Waals surface area contributed by atoms with E-state index in [0.717, 1.165) is 5.56 Å². The largest absolute Gasteiger partial charge is 0.338 e. The van der Waals surface area contributed by atoms with Crippen molar-refractivity contribution < 1.29 is 8.91 Å². The lowest BCUT2D eigenvalue weighted by molar-refractivity contribution is 0.364. The topological polar surface area (TPSA) is 74.7 Å². The van der Waals surface area contributed by atoms with Gasteiger partial charge in [0.2, 0.25) is 5.89 Å². The highest BCUT2D eigenvalue weighted by Crippen LogP contribution is 2.09. The third-order valence-corrected chi connectivity index (χ3v) is 2.33. The summed E-state index contributed by atoms with van der Waals surface area (Å²) in [7, 11) is 0. The van der Waals surface area contributed by atoms with E-state index in [1.54, 1.807) is 19.1 Å². The Morgan fingerprint density at radius 1 is 1.44 bits per heavy atom. The van der Waals surface area contributed by atoms with Crippen LogP contribution in [0.15, 0.2) is 22.7 Å². The van der Waals surface area contributed by atoms with Crippen LogP contribution in [0.5, 0.6) is 0 Å². The summed E-state index contributed by atoms with van der Waals surface area (Å²) in [5.74, 6) is 0.573. The van der Waals surface area contributed by atoms with Crippen molar-refractivity contribution in [2.24, 2.45) is 0 Å². The molecule has 0 spiro atoms. The predicted octanol–water partition coefficient (Wildman–Crippen LogP) is 1.68. The standard InChI is InChI=1S/C12H11FN4O/c1-8-16-12(18-17-8)7-15-6-9-2-3-11(13)10(4-9)5-14/h2-4,15H,6-7H2,1H3. The third-order valence-electron chi connectivity index (χ3n) is 2.33. The van der Waals surface area contributed by atoms with E-state index >= 15 is 0 Å². The van der Waals surface area contributed by atoms with Crippen molar-refractivity contribution in [1.29, 1.82) is 5.26 Å². The first-order valence-corrected chi connectivity index (χ1v) is 5.37. The summed E-state index contributed by atoms with van der Waals surface area (Å²) in [6.07, 6.45) is 0. The fourth-order valence-corrected chi connectivity index (χ4v) is 1.49. The van der Waals surface area contributed by atoms with E-state index in [0.29, 0.717) is 24.8 Å². The first-order chi connectivity index (χ1) is 8.69. The van der Waals surface area contributed by atoms with Crippen molar-refractivity contribution >= 4 is 0 Å². The molecule has 0 atom stereocenters. The summed E-state index contributed by atoms with van der Waals surface area (Å²) in [5, 5.41) is 15.4. The summed E-state index contributed by atoms with van der Waals surface area (Å²) in [6.45, 7) is 2.67. The Bertz CT molecular complexity index is 588. The average Bonchev–Trinajstić information content (AvgIpc) is 2.77. The molecule has 0 fully saturated rings. The minimum atomic E-state index is -0.506. The van der Waals surface area contributed by atoms with E-state index < -0.39 is 5.82 Å². The second kappa shape index (κ2) is 5.38. The van der Waals surface area contributed by atoms with Gasteiger partial charge in [0.1, 0.15) is 11.9 Å². The zero-order valence-corrected chi connectivity index (χ0v) is 9.77. The van der Waals surface area contributed by atoms with Crippen molar-refractivity contribution in [3.05, 3.63) is 46.9 Å². The maximum atomic E-state index is 13.1. The number of hydrogen-bond donors (Lipinski definition) is 1. The van der Waals surface area contributed by atoms with E-state index in [-0.39, 0.29) is 5.56 Å². The molecule has 0 bridgehead atoms. The number of rotatable bonds is 4. The first-order valence-electron chi connectivity index (χ1n) is 5.37. The van der Waals surface area contributed by atoms with Crippen molar-refractivity contribution in [2.45, 2.75) is 20.0 Å². The molecule has 1 aromatic heterocycles. The van der Waals surface area contributed by atoms with Gasteiger partial charge in [0.05, 0.1) is 12.1 Å². The molecular formula is C12H11FN4O. The fraction of sp³-hybridized carbons (Fsp3) is 0.250. The quantitative estimate of drug-likeness (QED) is 0.888. The Hall–Kier alpha value is -2.26.